The largest absolute Gasteiger partial charge is 0.468 e. The van der Waals surface area contributed by atoms with Gasteiger partial charge in [-0.05, 0) is 43.0 Å². The first-order valence-electron chi connectivity index (χ1n) is 4.93. The van der Waals surface area contributed by atoms with E-state index in [1.165, 1.54) is 18.2 Å². The van der Waals surface area contributed by atoms with E-state index < -0.39 is 0 Å². The molecule has 0 saturated carbocycles. The van der Waals surface area contributed by atoms with Crippen molar-refractivity contribution in [1.29, 1.82) is 0 Å². The molecule has 0 aliphatic heterocycles. The average molecular weight is 350 g/mol. The van der Waals surface area contributed by atoms with Crippen LogP contribution in [0, 0.1) is 13.8 Å². The Morgan fingerprint density at radius 3 is 2.56 bits per heavy atom. The van der Waals surface area contributed by atoms with Crippen LogP contribution in [0.15, 0.2) is 16.6 Å². The summed E-state index contributed by atoms with van der Waals surface area (Å²) in [6.07, 6.45) is 0.624. The fraction of sp³-hybridized carbons (Fsp3) is 0.417. The maximum Gasteiger partial charge on any atom is 0.319 e. The van der Waals surface area contributed by atoms with Gasteiger partial charge in [-0.1, -0.05) is 37.9 Å². The zero-order valence-corrected chi connectivity index (χ0v) is 12.7. The monoisotopic (exact) mass is 348 g/mol. The molecule has 0 bridgehead atoms. The molecule has 16 heavy (non-hydrogen) atoms. The zero-order valence-electron chi connectivity index (χ0n) is 9.51. The van der Waals surface area contributed by atoms with Gasteiger partial charge >= 0.3 is 5.97 Å². The van der Waals surface area contributed by atoms with Crippen molar-refractivity contribution in [2.75, 3.05) is 7.11 Å². The van der Waals surface area contributed by atoms with Gasteiger partial charge in [-0.3, -0.25) is 4.79 Å². The van der Waals surface area contributed by atoms with Gasteiger partial charge in [-0.2, -0.15) is 0 Å². The highest BCUT2D eigenvalue weighted by Gasteiger charge is 2.18. The number of esters is 1. The quantitative estimate of drug-likeness (QED) is 0.616. The van der Waals surface area contributed by atoms with Crippen molar-refractivity contribution < 1.29 is 9.53 Å². The van der Waals surface area contributed by atoms with E-state index in [4.69, 9.17) is 0 Å². The predicted molar refractivity (Wildman–Crippen MR) is 72.1 cm³/mol. The Bertz CT molecular complexity index is 379. The van der Waals surface area contributed by atoms with Gasteiger partial charge in [-0.15, -0.1) is 0 Å². The molecule has 1 aromatic carbocycles. The van der Waals surface area contributed by atoms with Gasteiger partial charge in [0.15, 0.2) is 0 Å². The van der Waals surface area contributed by atoms with Crippen LogP contribution in [0.4, 0.5) is 0 Å². The lowest BCUT2D eigenvalue weighted by atomic mass is 10.0. The number of ether oxygens (including phenoxy) is 1. The molecule has 4 heteroatoms. The molecule has 0 fully saturated rings. The zero-order chi connectivity index (χ0) is 12.3. The van der Waals surface area contributed by atoms with E-state index in [9.17, 15) is 4.79 Å². The highest BCUT2D eigenvalue weighted by Crippen LogP contribution is 2.25. The Morgan fingerprint density at radius 2 is 2.06 bits per heavy atom. The summed E-state index contributed by atoms with van der Waals surface area (Å²) in [5.74, 6) is -0.244. The van der Waals surface area contributed by atoms with Crippen molar-refractivity contribution in [2.24, 2.45) is 0 Å². The lowest BCUT2D eigenvalue weighted by Gasteiger charge is -2.13. The molecule has 1 rings (SSSR count). The Labute approximate surface area is 113 Å². The van der Waals surface area contributed by atoms with Crippen LogP contribution in [-0.2, 0) is 16.0 Å². The van der Waals surface area contributed by atoms with Crippen LogP contribution in [0.5, 0.6) is 0 Å². The number of carbonyl (C=O) groups excluding carboxylic acids is 1. The number of aryl methyl sites for hydroxylation is 2. The fourth-order valence-electron chi connectivity index (χ4n) is 1.59. The minimum absolute atomic E-state index is 0.244. The normalized spacial score (nSPS) is 12.3. The number of hydrogen-bond donors (Lipinski definition) is 0. The molecule has 0 aromatic heterocycles. The summed E-state index contributed by atoms with van der Waals surface area (Å²) in [7, 11) is 1.40. The Balaban J connectivity index is 2.93. The van der Waals surface area contributed by atoms with Crippen LogP contribution in [0.3, 0.4) is 0 Å². The van der Waals surface area contributed by atoms with E-state index in [0.717, 1.165) is 10.0 Å². The van der Waals surface area contributed by atoms with Crippen LogP contribution in [0.25, 0.3) is 0 Å². The third-order valence-corrected chi connectivity index (χ3v) is 3.81. The van der Waals surface area contributed by atoms with E-state index in [2.05, 4.69) is 48.7 Å². The molecule has 0 aliphatic carbocycles. The summed E-state index contributed by atoms with van der Waals surface area (Å²) in [4.78, 5) is 11.0. The topological polar surface area (TPSA) is 26.3 Å². The molecule has 0 heterocycles. The van der Waals surface area contributed by atoms with Gasteiger partial charge in [0.05, 0.1) is 7.11 Å². The van der Waals surface area contributed by atoms with Crippen molar-refractivity contribution >= 4 is 37.8 Å². The van der Waals surface area contributed by atoms with Crippen LogP contribution < -0.4 is 0 Å². The third kappa shape index (κ3) is 3.32. The number of alkyl halides is 1. The first-order chi connectivity index (χ1) is 7.45. The number of rotatable bonds is 3. The standard InChI is InChI=1S/C12H14Br2O2/c1-7-4-8(2)9(10(13)5-7)6-11(14)12(15)16-3/h4-5,11H,6H2,1-3H3. The van der Waals surface area contributed by atoms with E-state index in [1.807, 2.05) is 13.8 Å². The summed E-state index contributed by atoms with van der Waals surface area (Å²) in [6.45, 7) is 4.09. The molecule has 0 amide bonds. The third-order valence-electron chi connectivity index (χ3n) is 2.40. The fourth-order valence-corrected chi connectivity index (χ4v) is 2.94. The number of carbonyl (C=O) groups is 1. The average Bonchev–Trinajstić information content (AvgIpc) is 2.21. The predicted octanol–water partition coefficient (Wildman–Crippen LogP) is 3.54. The molecule has 88 valence electrons. The van der Waals surface area contributed by atoms with Crippen molar-refractivity contribution in [2.45, 2.75) is 25.1 Å². The molecule has 1 aromatic rings. The van der Waals surface area contributed by atoms with Crippen molar-refractivity contribution in [3.8, 4) is 0 Å². The molecule has 0 aliphatic rings. The molecule has 1 unspecified atom stereocenters. The number of hydrogen-bond acceptors (Lipinski definition) is 2. The Kier molecular flexibility index (Phi) is 4.99. The summed E-state index contributed by atoms with van der Waals surface area (Å²) in [5, 5.41) is 0. The molecular formula is C12H14Br2O2. The maximum atomic E-state index is 11.3. The molecule has 0 radical (unpaired) electrons. The van der Waals surface area contributed by atoms with Crippen LogP contribution in [0.2, 0.25) is 0 Å². The van der Waals surface area contributed by atoms with Crippen molar-refractivity contribution in [3.63, 3.8) is 0 Å². The first kappa shape index (κ1) is 13.7. The SMILES string of the molecule is COC(=O)C(Br)Cc1c(C)cc(C)cc1Br. The van der Waals surface area contributed by atoms with Gasteiger partial charge in [0.25, 0.3) is 0 Å². The van der Waals surface area contributed by atoms with Crippen LogP contribution in [0.1, 0.15) is 16.7 Å². The summed E-state index contributed by atoms with van der Waals surface area (Å²) in [5.41, 5.74) is 3.52. The van der Waals surface area contributed by atoms with Crippen molar-refractivity contribution in [3.05, 3.63) is 33.3 Å². The molecule has 2 nitrogen and oxygen atoms in total. The van der Waals surface area contributed by atoms with Crippen LogP contribution in [-0.4, -0.2) is 17.9 Å². The summed E-state index contributed by atoms with van der Waals surface area (Å²) >= 11 is 6.86. The van der Waals surface area contributed by atoms with Crippen LogP contribution >= 0.6 is 31.9 Å². The minimum Gasteiger partial charge on any atom is -0.468 e. The second-order valence-corrected chi connectivity index (χ2v) is 5.70. The Hall–Kier alpha value is -0.350. The van der Waals surface area contributed by atoms with E-state index in [1.54, 1.807) is 0 Å². The lowest BCUT2D eigenvalue weighted by Crippen LogP contribution is -2.18. The first-order valence-corrected chi connectivity index (χ1v) is 6.64. The summed E-state index contributed by atoms with van der Waals surface area (Å²) < 4.78 is 5.73. The molecular weight excluding hydrogens is 336 g/mol. The van der Waals surface area contributed by atoms with E-state index in [0.29, 0.717) is 6.42 Å². The summed E-state index contributed by atoms with van der Waals surface area (Å²) in [6, 6.07) is 4.16. The lowest BCUT2D eigenvalue weighted by molar-refractivity contribution is -0.139. The highest BCUT2D eigenvalue weighted by atomic mass is 79.9. The number of methoxy groups -OCH3 is 1. The van der Waals surface area contributed by atoms with Gasteiger partial charge < -0.3 is 4.74 Å². The van der Waals surface area contributed by atoms with Gasteiger partial charge in [0, 0.05) is 4.47 Å². The smallest absolute Gasteiger partial charge is 0.319 e. The molecule has 0 spiro atoms. The second kappa shape index (κ2) is 5.82. The minimum atomic E-state index is -0.296. The maximum absolute atomic E-state index is 11.3. The van der Waals surface area contributed by atoms with Gasteiger partial charge in [0.2, 0.25) is 0 Å². The second-order valence-electron chi connectivity index (χ2n) is 3.74. The van der Waals surface area contributed by atoms with Gasteiger partial charge in [-0.25, -0.2) is 0 Å². The highest BCUT2D eigenvalue weighted by molar-refractivity contribution is 9.10. The molecule has 0 saturated heterocycles. The Morgan fingerprint density at radius 1 is 1.44 bits per heavy atom. The number of benzene rings is 1. The van der Waals surface area contributed by atoms with Crippen molar-refractivity contribution in [1.82, 2.24) is 0 Å². The molecule has 0 N–H and O–H groups in total. The van der Waals surface area contributed by atoms with E-state index >= 15 is 0 Å². The number of halogens is 2. The van der Waals surface area contributed by atoms with E-state index in [-0.39, 0.29) is 10.8 Å². The van der Waals surface area contributed by atoms with Gasteiger partial charge in [0.1, 0.15) is 4.83 Å². The molecule has 1 atom stereocenters.